The van der Waals surface area contributed by atoms with Crippen LogP contribution in [0.1, 0.15) is 20.3 Å². The maximum Gasteiger partial charge on any atom is 0.163 e. The minimum atomic E-state index is 0.590. The van der Waals surface area contributed by atoms with Crippen LogP contribution in [0.15, 0.2) is 12.1 Å². The number of hydrogen-bond donors (Lipinski definition) is 2. The van der Waals surface area contributed by atoms with E-state index in [1.165, 1.54) is 0 Å². The first kappa shape index (κ1) is 11.9. The molecule has 0 spiro atoms. The smallest absolute Gasteiger partial charge is 0.163 e. The van der Waals surface area contributed by atoms with Gasteiger partial charge in [0.05, 0.1) is 11.4 Å². The van der Waals surface area contributed by atoms with E-state index in [0.29, 0.717) is 24.8 Å². The van der Waals surface area contributed by atoms with E-state index in [1.54, 1.807) is 0 Å². The summed E-state index contributed by atoms with van der Waals surface area (Å²) in [7, 11) is 0. The van der Waals surface area contributed by atoms with Crippen molar-refractivity contribution in [2.24, 2.45) is 5.92 Å². The molecule has 0 saturated carbocycles. The number of hydrogen-bond acceptors (Lipinski definition) is 4. The van der Waals surface area contributed by atoms with Gasteiger partial charge in [0.2, 0.25) is 0 Å². The molecule has 1 heterocycles. The molecule has 17 heavy (non-hydrogen) atoms. The Morgan fingerprint density at radius 2 is 1.88 bits per heavy atom. The van der Waals surface area contributed by atoms with Crippen molar-refractivity contribution in [2.75, 3.05) is 30.8 Å². The second kappa shape index (κ2) is 5.17. The first-order valence-electron chi connectivity index (χ1n) is 6.10. The zero-order valence-electron chi connectivity index (χ0n) is 10.5. The predicted molar refractivity (Wildman–Crippen MR) is 69.8 cm³/mol. The summed E-state index contributed by atoms with van der Waals surface area (Å²) in [6.07, 6.45) is 1.12. The summed E-state index contributed by atoms with van der Waals surface area (Å²) in [6.45, 7) is 6.51. The first-order chi connectivity index (χ1) is 8.16. The summed E-state index contributed by atoms with van der Waals surface area (Å²) < 4.78 is 11.0. The van der Waals surface area contributed by atoms with Crippen LogP contribution >= 0.6 is 0 Å². The van der Waals surface area contributed by atoms with Crippen molar-refractivity contribution >= 4 is 11.4 Å². The second-order valence-electron chi connectivity index (χ2n) is 4.69. The van der Waals surface area contributed by atoms with Gasteiger partial charge in [0.1, 0.15) is 13.2 Å². The Hall–Kier alpha value is -1.58. The average Bonchev–Trinajstić information content (AvgIpc) is 2.29. The van der Waals surface area contributed by atoms with Crippen LogP contribution in [-0.4, -0.2) is 19.8 Å². The molecule has 2 rings (SSSR count). The largest absolute Gasteiger partial charge is 0.486 e. The molecule has 1 aromatic carbocycles. The molecule has 3 N–H and O–H groups in total. The highest BCUT2D eigenvalue weighted by Crippen LogP contribution is 2.36. The van der Waals surface area contributed by atoms with Crippen LogP contribution in [0.5, 0.6) is 11.5 Å². The van der Waals surface area contributed by atoms with Crippen molar-refractivity contribution in [3.63, 3.8) is 0 Å². The summed E-state index contributed by atoms with van der Waals surface area (Å²) in [5.74, 6) is 2.20. The van der Waals surface area contributed by atoms with Crippen molar-refractivity contribution in [3.05, 3.63) is 12.1 Å². The molecule has 4 nitrogen and oxygen atoms in total. The van der Waals surface area contributed by atoms with Crippen molar-refractivity contribution in [1.82, 2.24) is 0 Å². The number of benzene rings is 1. The normalized spacial score (nSPS) is 13.8. The third kappa shape index (κ3) is 2.96. The fourth-order valence-corrected chi connectivity index (χ4v) is 1.75. The molecule has 4 heteroatoms. The number of anilines is 2. The molecule has 0 aliphatic carbocycles. The number of nitrogen functional groups attached to an aromatic ring is 1. The number of ether oxygens (including phenoxy) is 2. The Bertz CT molecular complexity index is 391. The van der Waals surface area contributed by atoms with Crippen molar-refractivity contribution in [2.45, 2.75) is 20.3 Å². The number of fused-ring (bicyclic) bond motifs is 1. The van der Waals surface area contributed by atoms with E-state index in [-0.39, 0.29) is 0 Å². The Labute approximate surface area is 102 Å². The molecule has 0 bridgehead atoms. The third-order valence-electron chi connectivity index (χ3n) is 2.75. The van der Waals surface area contributed by atoms with Crippen LogP contribution in [0.3, 0.4) is 0 Å². The topological polar surface area (TPSA) is 56.5 Å². The van der Waals surface area contributed by atoms with Gasteiger partial charge < -0.3 is 20.5 Å². The van der Waals surface area contributed by atoms with E-state index in [0.717, 1.165) is 30.2 Å². The lowest BCUT2D eigenvalue weighted by molar-refractivity contribution is 0.172. The molecule has 0 radical (unpaired) electrons. The van der Waals surface area contributed by atoms with Gasteiger partial charge in [-0.1, -0.05) is 13.8 Å². The van der Waals surface area contributed by atoms with Crippen LogP contribution in [0, 0.1) is 5.92 Å². The van der Waals surface area contributed by atoms with Gasteiger partial charge in [-0.15, -0.1) is 0 Å². The number of rotatable bonds is 4. The Morgan fingerprint density at radius 1 is 1.24 bits per heavy atom. The van der Waals surface area contributed by atoms with Crippen LogP contribution in [0.2, 0.25) is 0 Å². The van der Waals surface area contributed by atoms with Gasteiger partial charge in [0.15, 0.2) is 11.5 Å². The minimum absolute atomic E-state index is 0.590. The molecular weight excluding hydrogens is 216 g/mol. The molecule has 94 valence electrons. The summed E-state index contributed by atoms with van der Waals surface area (Å²) in [5, 5.41) is 3.33. The second-order valence-corrected chi connectivity index (χ2v) is 4.69. The van der Waals surface area contributed by atoms with Gasteiger partial charge in [-0.05, 0) is 12.3 Å². The molecule has 1 aliphatic heterocycles. The van der Waals surface area contributed by atoms with Gasteiger partial charge in [0.25, 0.3) is 0 Å². The highest BCUT2D eigenvalue weighted by atomic mass is 16.6. The van der Waals surface area contributed by atoms with Crippen LogP contribution < -0.4 is 20.5 Å². The van der Waals surface area contributed by atoms with Crippen LogP contribution in [0.4, 0.5) is 11.4 Å². The SMILES string of the molecule is CC(C)CCNc1cc2c(cc1N)OCCO2. The zero-order valence-corrected chi connectivity index (χ0v) is 10.5. The molecule has 0 saturated heterocycles. The molecule has 1 aliphatic rings. The van der Waals surface area contributed by atoms with Gasteiger partial charge in [-0.2, -0.15) is 0 Å². The highest BCUT2D eigenvalue weighted by molar-refractivity contribution is 5.72. The fraction of sp³-hybridized carbons (Fsp3) is 0.538. The molecule has 0 fully saturated rings. The Balaban J connectivity index is 2.06. The summed E-state index contributed by atoms with van der Waals surface area (Å²) in [5.41, 5.74) is 7.60. The third-order valence-corrected chi connectivity index (χ3v) is 2.75. The van der Waals surface area contributed by atoms with Crippen molar-refractivity contribution in [3.8, 4) is 11.5 Å². The molecule has 0 atom stereocenters. The monoisotopic (exact) mass is 236 g/mol. The predicted octanol–water partition coefficient (Wildman–Crippen LogP) is 2.50. The van der Waals surface area contributed by atoms with Crippen LogP contribution in [0.25, 0.3) is 0 Å². The summed E-state index contributed by atoms with van der Waals surface area (Å²) in [4.78, 5) is 0. The Kier molecular flexibility index (Phi) is 3.61. The van der Waals surface area contributed by atoms with E-state index in [9.17, 15) is 0 Å². The average molecular weight is 236 g/mol. The van der Waals surface area contributed by atoms with E-state index in [4.69, 9.17) is 15.2 Å². The van der Waals surface area contributed by atoms with E-state index >= 15 is 0 Å². The quantitative estimate of drug-likeness (QED) is 0.789. The maximum absolute atomic E-state index is 5.96. The lowest BCUT2D eigenvalue weighted by atomic mass is 10.1. The van der Waals surface area contributed by atoms with E-state index in [1.807, 2.05) is 12.1 Å². The maximum atomic E-state index is 5.96. The standard InChI is InChI=1S/C13H20N2O2/c1-9(2)3-4-15-11-8-13-12(7-10(11)14)16-5-6-17-13/h7-9,15H,3-6,14H2,1-2H3. The van der Waals surface area contributed by atoms with Gasteiger partial charge in [-0.3, -0.25) is 0 Å². The lowest BCUT2D eigenvalue weighted by Crippen LogP contribution is -2.16. The van der Waals surface area contributed by atoms with Gasteiger partial charge in [0, 0.05) is 18.7 Å². The van der Waals surface area contributed by atoms with Gasteiger partial charge in [-0.25, -0.2) is 0 Å². The van der Waals surface area contributed by atoms with Crippen LogP contribution in [-0.2, 0) is 0 Å². The number of nitrogens with one attached hydrogen (secondary N) is 1. The Morgan fingerprint density at radius 3 is 2.53 bits per heavy atom. The summed E-state index contributed by atoms with van der Waals surface area (Å²) >= 11 is 0. The first-order valence-corrected chi connectivity index (χ1v) is 6.10. The van der Waals surface area contributed by atoms with Crippen molar-refractivity contribution < 1.29 is 9.47 Å². The molecule has 0 aromatic heterocycles. The van der Waals surface area contributed by atoms with Gasteiger partial charge >= 0.3 is 0 Å². The fourth-order valence-electron chi connectivity index (χ4n) is 1.75. The van der Waals surface area contributed by atoms with E-state index < -0.39 is 0 Å². The highest BCUT2D eigenvalue weighted by Gasteiger charge is 2.14. The summed E-state index contributed by atoms with van der Waals surface area (Å²) in [6, 6.07) is 3.75. The molecular formula is C13H20N2O2. The minimum Gasteiger partial charge on any atom is -0.486 e. The molecule has 0 amide bonds. The molecule has 1 aromatic rings. The number of nitrogens with two attached hydrogens (primary N) is 1. The van der Waals surface area contributed by atoms with Crippen molar-refractivity contribution in [1.29, 1.82) is 0 Å². The zero-order chi connectivity index (χ0) is 12.3. The molecule has 0 unspecified atom stereocenters. The lowest BCUT2D eigenvalue weighted by Gasteiger charge is -2.20. The van der Waals surface area contributed by atoms with E-state index in [2.05, 4.69) is 19.2 Å².